The number of allylic oxidation sites excluding steroid dienone is 3. The van der Waals surface area contributed by atoms with E-state index in [9.17, 15) is 0 Å². The highest BCUT2D eigenvalue weighted by molar-refractivity contribution is 5.11. The van der Waals surface area contributed by atoms with Crippen LogP contribution in [0.2, 0.25) is 0 Å². The Morgan fingerprint density at radius 1 is 1.31 bits per heavy atom. The van der Waals surface area contributed by atoms with Crippen LogP contribution in [0.25, 0.3) is 0 Å². The van der Waals surface area contributed by atoms with Crippen molar-refractivity contribution in [3.8, 4) is 0 Å². The monoisotopic (exact) mass is 216 g/mol. The molecule has 0 spiro atoms. The minimum Gasteiger partial charge on any atom is -0.103 e. The highest BCUT2D eigenvalue weighted by atomic mass is 14.5. The number of hydrogen-bond acceptors (Lipinski definition) is 0. The van der Waals surface area contributed by atoms with E-state index in [2.05, 4.69) is 31.7 Å². The Kier molecular flexibility index (Phi) is 2.69. The van der Waals surface area contributed by atoms with Gasteiger partial charge in [-0.05, 0) is 61.2 Å². The molecule has 6 unspecified atom stereocenters. The molecule has 0 heteroatoms. The third-order valence-electron chi connectivity index (χ3n) is 5.48. The zero-order valence-electron chi connectivity index (χ0n) is 10.4. The zero-order chi connectivity index (χ0) is 11.1. The molecular weight excluding hydrogens is 192 g/mol. The standard InChI is InChI=1S/C16H24/c1-3-11-6-5-7-14(11)15-9-8-12-10-16(12)13(15)4-2/h3,5,7,11-16H,1,4,6,8-10H2,2H3. The molecule has 88 valence electrons. The van der Waals surface area contributed by atoms with Crippen molar-refractivity contribution >= 4 is 0 Å². The number of hydrogen-bond donors (Lipinski definition) is 0. The molecule has 3 aliphatic rings. The fraction of sp³-hybridized carbons (Fsp3) is 0.750. The molecule has 0 N–H and O–H groups in total. The highest BCUT2D eigenvalue weighted by Crippen LogP contribution is 2.58. The Bertz CT molecular complexity index is 301. The summed E-state index contributed by atoms with van der Waals surface area (Å²) in [6, 6.07) is 0. The van der Waals surface area contributed by atoms with Crippen molar-refractivity contribution in [3.63, 3.8) is 0 Å². The van der Waals surface area contributed by atoms with E-state index in [0.29, 0.717) is 0 Å². The Morgan fingerprint density at radius 3 is 2.94 bits per heavy atom. The van der Waals surface area contributed by atoms with Crippen LogP contribution >= 0.6 is 0 Å². The third kappa shape index (κ3) is 1.58. The van der Waals surface area contributed by atoms with Crippen LogP contribution in [0.1, 0.15) is 39.0 Å². The van der Waals surface area contributed by atoms with E-state index in [1.165, 1.54) is 25.7 Å². The van der Waals surface area contributed by atoms with Crippen molar-refractivity contribution in [2.45, 2.75) is 39.0 Å². The van der Waals surface area contributed by atoms with Crippen LogP contribution in [0.15, 0.2) is 24.8 Å². The lowest BCUT2D eigenvalue weighted by Crippen LogP contribution is -2.29. The summed E-state index contributed by atoms with van der Waals surface area (Å²) < 4.78 is 0. The lowest BCUT2D eigenvalue weighted by molar-refractivity contribution is 0.150. The predicted molar refractivity (Wildman–Crippen MR) is 69.0 cm³/mol. The molecule has 0 aliphatic heterocycles. The molecule has 0 radical (unpaired) electrons. The molecule has 2 fully saturated rings. The molecule has 2 saturated carbocycles. The molecule has 0 bridgehead atoms. The van der Waals surface area contributed by atoms with Crippen molar-refractivity contribution in [2.24, 2.45) is 35.5 Å². The molecule has 0 saturated heterocycles. The second-order valence-electron chi connectivity index (χ2n) is 6.11. The second-order valence-corrected chi connectivity index (χ2v) is 6.11. The lowest BCUT2D eigenvalue weighted by Gasteiger charge is -2.36. The Hall–Kier alpha value is -0.520. The number of fused-ring (bicyclic) bond motifs is 1. The van der Waals surface area contributed by atoms with Crippen LogP contribution in [0.5, 0.6) is 0 Å². The normalized spacial score (nSPS) is 50.1. The quantitative estimate of drug-likeness (QED) is 0.612. The van der Waals surface area contributed by atoms with Gasteiger partial charge in [0.05, 0.1) is 0 Å². The zero-order valence-corrected chi connectivity index (χ0v) is 10.4. The van der Waals surface area contributed by atoms with E-state index >= 15 is 0 Å². The summed E-state index contributed by atoms with van der Waals surface area (Å²) >= 11 is 0. The fourth-order valence-electron chi connectivity index (χ4n) is 4.56. The molecule has 0 amide bonds. The summed E-state index contributed by atoms with van der Waals surface area (Å²) in [7, 11) is 0. The first kappa shape index (κ1) is 10.6. The van der Waals surface area contributed by atoms with Crippen LogP contribution in [0.3, 0.4) is 0 Å². The minimum atomic E-state index is 0.745. The van der Waals surface area contributed by atoms with Crippen LogP contribution in [-0.2, 0) is 0 Å². The van der Waals surface area contributed by atoms with Crippen molar-refractivity contribution in [1.82, 2.24) is 0 Å². The van der Waals surface area contributed by atoms with E-state index < -0.39 is 0 Å². The van der Waals surface area contributed by atoms with Gasteiger partial charge >= 0.3 is 0 Å². The van der Waals surface area contributed by atoms with Crippen LogP contribution in [0, 0.1) is 35.5 Å². The molecule has 0 aromatic heterocycles. The predicted octanol–water partition coefficient (Wildman–Crippen LogP) is 4.44. The van der Waals surface area contributed by atoms with Gasteiger partial charge in [-0.2, -0.15) is 0 Å². The van der Waals surface area contributed by atoms with Gasteiger partial charge in [0, 0.05) is 0 Å². The van der Waals surface area contributed by atoms with Gasteiger partial charge in [0.2, 0.25) is 0 Å². The molecule has 3 aliphatic carbocycles. The van der Waals surface area contributed by atoms with Gasteiger partial charge in [0.15, 0.2) is 0 Å². The maximum atomic E-state index is 4.03. The minimum absolute atomic E-state index is 0.745. The Morgan fingerprint density at radius 2 is 2.19 bits per heavy atom. The molecule has 0 aromatic rings. The highest BCUT2D eigenvalue weighted by Gasteiger charge is 2.50. The largest absolute Gasteiger partial charge is 0.103 e. The maximum absolute atomic E-state index is 4.03. The van der Waals surface area contributed by atoms with Crippen LogP contribution < -0.4 is 0 Å². The SMILES string of the molecule is C=CC1CC=CC1C1CCC2CC2C1CC. The van der Waals surface area contributed by atoms with Crippen molar-refractivity contribution in [3.05, 3.63) is 24.8 Å². The summed E-state index contributed by atoms with van der Waals surface area (Å²) in [5.74, 6) is 5.78. The van der Waals surface area contributed by atoms with E-state index in [4.69, 9.17) is 0 Å². The van der Waals surface area contributed by atoms with Gasteiger partial charge in [-0.25, -0.2) is 0 Å². The molecule has 0 heterocycles. The molecule has 16 heavy (non-hydrogen) atoms. The van der Waals surface area contributed by atoms with E-state index in [1.54, 1.807) is 6.42 Å². The van der Waals surface area contributed by atoms with Gasteiger partial charge in [0.1, 0.15) is 0 Å². The summed E-state index contributed by atoms with van der Waals surface area (Å²) in [4.78, 5) is 0. The lowest BCUT2D eigenvalue weighted by atomic mass is 9.68. The molecular formula is C16H24. The van der Waals surface area contributed by atoms with Crippen molar-refractivity contribution < 1.29 is 0 Å². The summed E-state index contributed by atoms with van der Waals surface area (Å²) in [5.41, 5.74) is 0. The first-order valence-corrected chi connectivity index (χ1v) is 7.14. The fourth-order valence-corrected chi connectivity index (χ4v) is 4.56. The van der Waals surface area contributed by atoms with E-state index in [1.807, 2.05) is 0 Å². The number of rotatable bonds is 3. The van der Waals surface area contributed by atoms with Gasteiger partial charge in [-0.15, -0.1) is 6.58 Å². The van der Waals surface area contributed by atoms with Crippen molar-refractivity contribution in [2.75, 3.05) is 0 Å². The molecule has 0 nitrogen and oxygen atoms in total. The van der Waals surface area contributed by atoms with Gasteiger partial charge < -0.3 is 0 Å². The average Bonchev–Trinajstić information content (AvgIpc) is 2.95. The van der Waals surface area contributed by atoms with Gasteiger partial charge in [-0.1, -0.05) is 31.6 Å². The Labute approximate surface area is 99.8 Å². The summed E-state index contributed by atoms with van der Waals surface area (Å²) in [6.45, 7) is 6.43. The van der Waals surface area contributed by atoms with Gasteiger partial charge in [-0.3, -0.25) is 0 Å². The van der Waals surface area contributed by atoms with Crippen LogP contribution in [0.4, 0.5) is 0 Å². The first-order chi connectivity index (χ1) is 7.85. The van der Waals surface area contributed by atoms with Gasteiger partial charge in [0.25, 0.3) is 0 Å². The topological polar surface area (TPSA) is 0 Å². The maximum Gasteiger partial charge on any atom is -0.0136 e. The first-order valence-electron chi connectivity index (χ1n) is 7.14. The van der Waals surface area contributed by atoms with E-state index in [-0.39, 0.29) is 0 Å². The molecule has 6 atom stereocenters. The van der Waals surface area contributed by atoms with E-state index in [0.717, 1.165) is 35.5 Å². The van der Waals surface area contributed by atoms with Crippen LogP contribution in [-0.4, -0.2) is 0 Å². The average molecular weight is 216 g/mol. The Balaban J connectivity index is 1.76. The molecule has 3 rings (SSSR count). The molecule has 0 aromatic carbocycles. The summed E-state index contributed by atoms with van der Waals surface area (Å²) in [5, 5.41) is 0. The smallest absolute Gasteiger partial charge is 0.0136 e. The van der Waals surface area contributed by atoms with Crippen molar-refractivity contribution in [1.29, 1.82) is 0 Å². The second kappa shape index (κ2) is 4.05. The summed E-state index contributed by atoms with van der Waals surface area (Å²) in [6.07, 6.45) is 14.3. The third-order valence-corrected chi connectivity index (χ3v) is 5.48.